The Kier molecular flexibility index (Phi) is 7.56. The molecule has 1 aliphatic carbocycles. The molecule has 2 fully saturated rings. The van der Waals surface area contributed by atoms with Gasteiger partial charge in [0.15, 0.2) is 5.11 Å². The molecule has 1 saturated carbocycles. The van der Waals surface area contributed by atoms with Crippen molar-refractivity contribution in [1.29, 1.82) is 0 Å². The highest BCUT2D eigenvalue weighted by atomic mass is 32.1. The van der Waals surface area contributed by atoms with Crippen LogP contribution in [0.3, 0.4) is 0 Å². The van der Waals surface area contributed by atoms with Crippen molar-refractivity contribution < 1.29 is 9.47 Å². The van der Waals surface area contributed by atoms with Crippen LogP contribution in [0.2, 0.25) is 0 Å². The van der Waals surface area contributed by atoms with Crippen molar-refractivity contribution in [2.75, 3.05) is 20.3 Å². The molecule has 0 bridgehead atoms. The second kappa shape index (κ2) is 10.1. The monoisotopic (exact) mass is 376 g/mol. The second-order valence-electron chi connectivity index (χ2n) is 7.50. The number of methoxy groups -OCH3 is 1. The molecule has 1 heterocycles. The highest BCUT2D eigenvalue weighted by molar-refractivity contribution is 7.80. The van der Waals surface area contributed by atoms with Crippen LogP contribution in [0, 0.1) is 0 Å². The largest absolute Gasteiger partial charge is 0.497 e. The van der Waals surface area contributed by atoms with Crippen LogP contribution in [-0.4, -0.2) is 42.4 Å². The van der Waals surface area contributed by atoms with Crippen LogP contribution in [0.15, 0.2) is 24.3 Å². The van der Waals surface area contributed by atoms with E-state index in [9.17, 15) is 0 Å². The number of hydrogen-bond acceptors (Lipinski definition) is 3. The van der Waals surface area contributed by atoms with E-state index in [1.165, 1.54) is 44.1 Å². The molecular formula is C21H32N2O2S. The number of ether oxygens (including phenoxy) is 2. The van der Waals surface area contributed by atoms with Crippen LogP contribution < -0.4 is 10.1 Å². The topological polar surface area (TPSA) is 33.7 Å². The SMILES string of the molecule is COc1ccc(CN(CC2CCCO2)C(=S)NC2CCCCCC2)cc1. The smallest absolute Gasteiger partial charge is 0.169 e. The minimum absolute atomic E-state index is 0.294. The first-order chi connectivity index (χ1) is 12.7. The molecule has 1 unspecified atom stereocenters. The summed E-state index contributed by atoms with van der Waals surface area (Å²) in [5.41, 5.74) is 1.24. The predicted octanol–water partition coefficient (Wildman–Crippen LogP) is 4.27. The summed E-state index contributed by atoms with van der Waals surface area (Å²) in [7, 11) is 1.70. The number of nitrogens with one attached hydrogen (secondary N) is 1. The Morgan fingerprint density at radius 1 is 1.12 bits per heavy atom. The summed E-state index contributed by atoms with van der Waals surface area (Å²) in [6, 6.07) is 8.79. The molecule has 3 rings (SSSR count). The molecule has 4 nitrogen and oxygen atoms in total. The lowest BCUT2D eigenvalue weighted by molar-refractivity contribution is 0.0895. The van der Waals surface area contributed by atoms with E-state index in [0.717, 1.165) is 43.4 Å². The molecular weight excluding hydrogens is 344 g/mol. The van der Waals surface area contributed by atoms with Crippen molar-refractivity contribution in [2.24, 2.45) is 0 Å². The van der Waals surface area contributed by atoms with Gasteiger partial charge >= 0.3 is 0 Å². The Balaban J connectivity index is 1.63. The van der Waals surface area contributed by atoms with E-state index in [1.54, 1.807) is 7.11 Å². The third-order valence-corrected chi connectivity index (χ3v) is 5.83. The molecule has 1 atom stereocenters. The van der Waals surface area contributed by atoms with Crippen molar-refractivity contribution >= 4 is 17.3 Å². The maximum atomic E-state index is 5.87. The number of hydrogen-bond donors (Lipinski definition) is 1. The first-order valence-corrected chi connectivity index (χ1v) is 10.5. The summed E-state index contributed by atoms with van der Waals surface area (Å²) in [6.45, 7) is 2.55. The standard InChI is InChI=1S/C21H32N2O2S/c1-24-19-12-10-17(11-13-19)15-23(16-20-9-6-14-25-20)21(26)22-18-7-4-2-3-5-8-18/h10-13,18,20H,2-9,14-16H2,1H3,(H,22,26). The van der Waals surface area contributed by atoms with Crippen molar-refractivity contribution in [3.8, 4) is 5.75 Å². The van der Waals surface area contributed by atoms with Crippen molar-refractivity contribution in [1.82, 2.24) is 10.2 Å². The van der Waals surface area contributed by atoms with Gasteiger partial charge in [-0.2, -0.15) is 0 Å². The van der Waals surface area contributed by atoms with E-state index in [1.807, 2.05) is 12.1 Å². The fraction of sp³-hybridized carbons (Fsp3) is 0.667. The molecule has 1 aromatic rings. The summed E-state index contributed by atoms with van der Waals surface area (Å²) in [5, 5.41) is 4.53. The van der Waals surface area contributed by atoms with Crippen LogP contribution in [0.1, 0.15) is 56.9 Å². The van der Waals surface area contributed by atoms with Gasteiger partial charge in [-0.1, -0.05) is 37.8 Å². The average molecular weight is 377 g/mol. The van der Waals surface area contributed by atoms with Crippen LogP contribution in [0.4, 0.5) is 0 Å². The van der Waals surface area contributed by atoms with Gasteiger partial charge in [-0.05, 0) is 55.6 Å². The van der Waals surface area contributed by atoms with Gasteiger partial charge in [0, 0.05) is 25.7 Å². The first-order valence-electron chi connectivity index (χ1n) is 10.0. The van der Waals surface area contributed by atoms with E-state index in [2.05, 4.69) is 22.3 Å². The third-order valence-electron chi connectivity index (χ3n) is 5.45. The van der Waals surface area contributed by atoms with Gasteiger partial charge in [-0.3, -0.25) is 0 Å². The third kappa shape index (κ3) is 5.85. The lowest BCUT2D eigenvalue weighted by Crippen LogP contribution is -2.46. The van der Waals surface area contributed by atoms with Crippen molar-refractivity contribution in [3.05, 3.63) is 29.8 Å². The Morgan fingerprint density at radius 3 is 2.46 bits per heavy atom. The van der Waals surface area contributed by atoms with Crippen molar-refractivity contribution in [2.45, 2.75) is 70.1 Å². The Bertz CT molecular complexity index is 550. The molecule has 0 amide bonds. The highest BCUT2D eigenvalue weighted by Crippen LogP contribution is 2.20. The zero-order valence-corrected chi connectivity index (χ0v) is 16.7. The molecule has 0 spiro atoms. The number of nitrogens with zero attached hydrogens (tertiary/aromatic N) is 1. The zero-order valence-electron chi connectivity index (χ0n) is 15.9. The van der Waals surface area contributed by atoms with E-state index in [0.29, 0.717) is 12.1 Å². The Hall–Kier alpha value is -1.33. The lowest BCUT2D eigenvalue weighted by Gasteiger charge is -2.31. The number of thiocarbonyl (C=S) groups is 1. The molecule has 2 aliphatic rings. The molecule has 1 N–H and O–H groups in total. The van der Waals surface area contributed by atoms with E-state index >= 15 is 0 Å². The molecule has 5 heteroatoms. The predicted molar refractivity (Wildman–Crippen MR) is 110 cm³/mol. The molecule has 0 aromatic heterocycles. The Morgan fingerprint density at radius 2 is 1.85 bits per heavy atom. The van der Waals surface area contributed by atoms with Gasteiger partial charge in [0.25, 0.3) is 0 Å². The van der Waals surface area contributed by atoms with Crippen LogP contribution in [0.25, 0.3) is 0 Å². The average Bonchev–Trinajstić information content (AvgIpc) is 3.04. The summed E-state index contributed by atoms with van der Waals surface area (Å²) in [4.78, 5) is 2.29. The molecule has 0 radical (unpaired) electrons. The fourth-order valence-corrected chi connectivity index (χ4v) is 4.20. The van der Waals surface area contributed by atoms with E-state index in [4.69, 9.17) is 21.7 Å². The Labute approximate surface area is 163 Å². The van der Waals surface area contributed by atoms with Gasteiger partial charge in [-0.15, -0.1) is 0 Å². The summed E-state index contributed by atoms with van der Waals surface area (Å²) in [6.07, 6.45) is 10.4. The normalized spacial score (nSPS) is 21.2. The maximum absolute atomic E-state index is 5.87. The maximum Gasteiger partial charge on any atom is 0.169 e. The summed E-state index contributed by atoms with van der Waals surface area (Å²) >= 11 is 5.82. The van der Waals surface area contributed by atoms with Gasteiger partial charge in [0.05, 0.1) is 13.2 Å². The van der Waals surface area contributed by atoms with Crippen LogP contribution in [0.5, 0.6) is 5.75 Å². The first kappa shape index (κ1) is 19.4. The number of benzene rings is 1. The quantitative estimate of drug-likeness (QED) is 0.592. The van der Waals surface area contributed by atoms with Crippen LogP contribution in [-0.2, 0) is 11.3 Å². The van der Waals surface area contributed by atoms with Gasteiger partial charge < -0.3 is 19.7 Å². The lowest BCUT2D eigenvalue weighted by atomic mass is 10.1. The molecule has 1 aliphatic heterocycles. The zero-order chi connectivity index (χ0) is 18.2. The van der Waals surface area contributed by atoms with Crippen molar-refractivity contribution in [3.63, 3.8) is 0 Å². The molecule has 1 saturated heterocycles. The number of rotatable bonds is 6. The highest BCUT2D eigenvalue weighted by Gasteiger charge is 2.23. The fourth-order valence-electron chi connectivity index (χ4n) is 3.89. The molecule has 26 heavy (non-hydrogen) atoms. The summed E-state index contributed by atoms with van der Waals surface area (Å²) in [5.74, 6) is 0.888. The van der Waals surface area contributed by atoms with Gasteiger partial charge in [0.2, 0.25) is 0 Å². The van der Waals surface area contributed by atoms with E-state index in [-0.39, 0.29) is 0 Å². The van der Waals surface area contributed by atoms with Crippen LogP contribution >= 0.6 is 12.2 Å². The minimum atomic E-state index is 0.294. The second-order valence-corrected chi connectivity index (χ2v) is 7.89. The molecule has 144 valence electrons. The summed E-state index contributed by atoms with van der Waals surface area (Å²) < 4.78 is 11.1. The minimum Gasteiger partial charge on any atom is -0.497 e. The van der Waals surface area contributed by atoms with E-state index < -0.39 is 0 Å². The van der Waals surface area contributed by atoms with Gasteiger partial charge in [0.1, 0.15) is 5.75 Å². The molecule has 1 aromatic carbocycles. The van der Waals surface area contributed by atoms with Gasteiger partial charge in [-0.25, -0.2) is 0 Å².